The van der Waals surface area contributed by atoms with Gasteiger partial charge in [0.25, 0.3) is 0 Å². The van der Waals surface area contributed by atoms with Crippen molar-refractivity contribution in [2.45, 2.75) is 52.9 Å². The van der Waals surface area contributed by atoms with Crippen LogP contribution < -0.4 is 0 Å². The van der Waals surface area contributed by atoms with Gasteiger partial charge in [-0.05, 0) is 89.6 Å². The molecule has 0 heterocycles. The summed E-state index contributed by atoms with van der Waals surface area (Å²) < 4.78 is 0. The van der Waals surface area contributed by atoms with Crippen LogP contribution in [0.1, 0.15) is 49.8 Å². The van der Waals surface area contributed by atoms with Gasteiger partial charge in [-0.1, -0.05) is 104 Å². The van der Waals surface area contributed by atoms with Gasteiger partial charge < -0.3 is 0 Å². The quantitative estimate of drug-likeness (QED) is 0.194. The van der Waals surface area contributed by atoms with Crippen LogP contribution in [0.3, 0.4) is 0 Å². The minimum atomic E-state index is 1.01. The standard InChI is InChI=1S/C32H38S/c1-5-11-30(20-22-33-21-19-28-14-8-7-13-25(28)3)32(12-6-2)26(4)23-27-17-18-29-15-9-10-16-31(29)24-27/h5,7-11,13-18,24H,1,6,12,19-23H2,2-4H3/b30-11-,32-26+. The third-order valence-electron chi connectivity index (χ3n) is 6.30. The lowest BCUT2D eigenvalue weighted by Crippen LogP contribution is -2.00. The van der Waals surface area contributed by atoms with Crippen molar-refractivity contribution in [3.05, 3.63) is 119 Å². The highest BCUT2D eigenvalue weighted by molar-refractivity contribution is 7.99. The highest BCUT2D eigenvalue weighted by Crippen LogP contribution is 2.28. The molecule has 0 aromatic heterocycles. The van der Waals surface area contributed by atoms with E-state index in [1.165, 1.54) is 56.4 Å². The van der Waals surface area contributed by atoms with Crippen molar-refractivity contribution in [2.75, 3.05) is 11.5 Å². The molecule has 0 radical (unpaired) electrons. The van der Waals surface area contributed by atoms with E-state index in [0.717, 1.165) is 31.4 Å². The third-order valence-corrected chi connectivity index (χ3v) is 7.28. The zero-order valence-corrected chi connectivity index (χ0v) is 21.4. The molecule has 1 heteroatoms. The molecule has 3 rings (SSSR count). The molecule has 3 aromatic rings. The summed E-state index contributed by atoms with van der Waals surface area (Å²) in [6.07, 6.45) is 9.77. The number of allylic oxidation sites excluding steroid dienone is 5. The van der Waals surface area contributed by atoms with Crippen molar-refractivity contribution < 1.29 is 0 Å². The number of thioether (sulfide) groups is 1. The van der Waals surface area contributed by atoms with E-state index in [1.54, 1.807) is 0 Å². The average molecular weight is 455 g/mol. The second-order valence-corrected chi connectivity index (χ2v) is 10.1. The van der Waals surface area contributed by atoms with Crippen molar-refractivity contribution in [1.82, 2.24) is 0 Å². The van der Waals surface area contributed by atoms with Crippen LogP contribution in [0.4, 0.5) is 0 Å². The highest BCUT2D eigenvalue weighted by atomic mass is 32.2. The lowest BCUT2D eigenvalue weighted by Gasteiger charge is -2.17. The molecule has 0 nitrogen and oxygen atoms in total. The van der Waals surface area contributed by atoms with Crippen LogP contribution in [0.5, 0.6) is 0 Å². The van der Waals surface area contributed by atoms with Gasteiger partial charge in [-0.2, -0.15) is 11.8 Å². The highest BCUT2D eigenvalue weighted by Gasteiger charge is 2.10. The molecule has 0 fully saturated rings. The number of fused-ring (bicyclic) bond motifs is 1. The Kier molecular flexibility index (Phi) is 10.1. The van der Waals surface area contributed by atoms with E-state index in [4.69, 9.17) is 0 Å². The molecule has 0 atom stereocenters. The van der Waals surface area contributed by atoms with Crippen LogP contribution in [-0.2, 0) is 12.8 Å². The summed E-state index contributed by atoms with van der Waals surface area (Å²) in [5.41, 5.74) is 8.77. The third kappa shape index (κ3) is 7.51. The molecule has 0 bridgehead atoms. The Labute approximate surface area is 205 Å². The Balaban J connectivity index is 1.66. The Bertz CT molecular complexity index is 1120. The molecule has 0 N–H and O–H groups in total. The predicted octanol–water partition coefficient (Wildman–Crippen LogP) is 9.29. The Morgan fingerprint density at radius 2 is 1.67 bits per heavy atom. The van der Waals surface area contributed by atoms with Gasteiger partial charge in [0.05, 0.1) is 0 Å². The predicted molar refractivity (Wildman–Crippen MR) is 150 cm³/mol. The normalized spacial score (nSPS) is 12.6. The molecule has 0 unspecified atom stereocenters. The SMILES string of the molecule is C=C/C=C(CCSCCc1ccccc1C)\C(CCC)=C(/C)Cc1ccc2ccccc2c1. The van der Waals surface area contributed by atoms with Crippen molar-refractivity contribution >= 4 is 22.5 Å². The van der Waals surface area contributed by atoms with Crippen molar-refractivity contribution in [3.8, 4) is 0 Å². The van der Waals surface area contributed by atoms with Gasteiger partial charge in [-0.3, -0.25) is 0 Å². The summed E-state index contributed by atoms with van der Waals surface area (Å²) in [5, 5.41) is 2.64. The van der Waals surface area contributed by atoms with Crippen molar-refractivity contribution in [2.24, 2.45) is 0 Å². The Morgan fingerprint density at radius 1 is 0.909 bits per heavy atom. The zero-order chi connectivity index (χ0) is 23.5. The van der Waals surface area contributed by atoms with Gasteiger partial charge in [0.2, 0.25) is 0 Å². The fourth-order valence-electron chi connectivity index (χ4n) is 4.49. The number of rotatable bonds is 12. The largest absolute Gasteiger partial charge is 0.161 e. The average Bonchev–Trinajstić information content (AvgIpc) is 2.82. The first kappa shape index (κ1) is 25.1. The monoisotopic (exact) mass is 454 g/mol. The second kappa shape index (κ2) is 13.3. The second-order valence-electron chi connectivity index (χ2n) is 8.83. The first-order valence-corrected chi connectivity index (χ1v) is 13.4. The summed E-state index contributed by atoms with van der Waals surface area (Å²) in [6, 6.07) is 24.3. The summed E-state index contributed by atoms with van der Waals surface area (Å²) in [7, 11) is 0. The molecular formula is C32H38S. The Hall–Kier alpha value is -2.51. The van der Waals surface area contributed by atoms with Gasteiger partial charge >= 0.3 is 0 Å². The number of benzene rings is 3. The van der Waals surface area contributed by atoms with E-state index in [1.807, 2.05) is 6.08 Å². The molecule has 33 heavy (non-hydrogen) atoms. The van der Waals surface area contributed by atoms with Crippen LogP contribution in [-0.4, -0.2) is 11.5 Å². The first-order valence-electron chi connectivity index (χ1n) is 12.2. The molecule has 3 aromatic carbocycles. The molecular weight excluding hydrogens is 416 g/mol. The van der Waals surface area contributed by atoms with Crippen LogP contribution in [0.25, 0.3) is 10.8 Å². The van der Waals surface area contributed by atoms with E-state index in [0.29, 0.717) is 0 Å². The fourth-order valence-corrected chi connectivity index (χ4v) is 5.43. The summed E-state index contributed by atoms with van der Waals surface area (Å²) in [4.78, 5) is 0. The lowest BCUT2D eigenvalue weighted by molar-refractivity contribution is 0.870. The summed E-state index contributed by atoms with van der Waals surface area (Å²) in [5.74, 6) is 2.33. The molecule has 0 aliphatic carbocycles. The molecule has 0 aliphatic rings. The maximum atomic E-state index is 4.01. The van der Waals surface area contributed by atoms with Crippen LogP contribution in [0.15, 0.2) is 102 Å². The van der Waals surface area contributed by atoms with E-state index in [-0.39, 0.29) is 0 Å². The van der Waals surface area contributed by atoms with Gasteiger partial charge in [-0.15, -0.1) is 0 Å². The van der Waals surface area contributed by atoms with E-state index < -0.39 is 0 Å². The van der Waals surface area contributed by atoms with Crippen LogP contribution in [0, 0.1) is 6.92 Å². The van der Waals surface area contributed by atoms with Crippen LogP contribution >= 0.6 is 11.8 Å². The van der Waals surface area contributed by atoms with Gasteiger partial charge in [0.1, 0.15) is 0 Å². The minimum absolute atomic E-state index is 1.01. The summed E-state index contributed by atoms with van der Waals surface area (Å²) in [6.45, 7) is 10.8. The molecule has 172 valence electrons. The molecule has 0 amide bonds. The maximum Gasteiger partial charge on any atom is -0.00268 e. The van der Waals surface area contributed by atoms with Crippen molar-refractivity contribution in [3.63, 3.8) is 0 Å². The number of hydrogen-bond acceptors (Lipinski definition) is 1. The maximum absolute atomic E-state index is 4.01. The lowest BCUT2D eigenvalue weighted by atomic mass is 9.90. The van der Waals surface area contributed by atoms with E-state index >= 15 is 0 Å². The smallest absolute Gasteiger partial charge is 0.00268 e. The number of aryl methyl sites for hydroxylation is 2. The minimum Gasteiger partial charge on any atom is -0.161 e. The van der Waals surface area contributed by atoms with Gasteiger partial charge in [0, 0.05) is 0 Å². The fraction of sp³-hybridized carbons (Fsp3) is 0.312. The number of hydrogen-bond donors (Lipinski definition) is 0. The molecule has 0 spiro atoms. The first-order chi connectivity index (χ1) is 16.1. The van der Waals surface area contributed by atoms with Crippen molar-refractivity contribution in [1.29, 1.82) is 0 Å². The zero-order valence-electron chi connectivity index (χ0n) is 20.6. The van der Waals surface area contributed by atoms with Gasteiger partial charge in [0.15, 0.2) is 0 Å². The Morgan fingerprint density at radius 3 is 2.42 bits per heavy atom. The molecule has 0 aliphatic heterocycles. The van der Waals surface area contributed by atoms with Gasteiger partial charge in [-0.25, -0.2) is 0 Å². The molecule has 0 saturated carbocycles. The van der Waals surface area contributed by atoms with E-state index in [2.05, 4.69) is 112 Å². The van der Waals surface area contributed by atoms with Crippen LogP contribution in [0.2, 0.25) is 0 Å². The summed E-state index contributed by atoms with van der Waals surface area (Å²) >= 11 is 2.07. The van der Waals surface area contributed by atoms with E-state index in [9.17, 15) is 0 Å². The molecule has 0 saturated heterocycles. The topological polar surface area (TPSA) is 0 Å².